The van der Waals surface area contributed by atoms with Crippen LogP contribution < -0.4 is 15.2 Å². The van der Waals surface area contributed by atoms with Gasteiger partial charge >= 0.3 is 0 Å². The number of piperidine rings is 2. The van der Waals surface area contributed by atoms with E-state index in [4.69, 9.17) is 21.1 Å². The van der Waals surface area contributed by atoms with Crippen LogP contribution in [0.25, 0.3) is 0 Å². The van der Waals surface area contributed by atoms with Crippen LogP contribution in [0.4, 0.5) is 11.4 Å². The molecule has 2 aromatic carbocycles. The lowest BCUT2D eigenvalue weighted by atomic mass is 9.83. The van der Waals surface area contributed by atoms with E-state index in [1.165, 1.54) is 24.3 Å². The molecule has 5 heterocycles. The number of amides is 1. The minimum atomic E-state index is -3.99. The molecule has 2 bridgehead atoms. The maximum absolute atomic E-state index is 13.7. The summed E-state index contributed by atoms with van der Waals surface area (Å²) in [6.45, 7) is 4.00. The number of ether oxygens (including phenoxy) is 2. The Labute approximate surface area is 255 Å². The van der Waals surface area contributed by atoms with Gasteiger partial charge in [0.05, 0.1) is 29.5 Å². The Morgan fingerprint density at radius 2 is 1.70 bits per heavy atom. The Balaban J connectivity index is 1.20. The van der Waals surface area contributed by atoms with Gasteiger partial charge in [-0.1, -0.05) is 17.7 Å². The van der Waals surface area contributed by atoms with Gasteiger partial charge in [-0.3, -0.25) is 14.3 Å². The Hall–Kier alpha value is -3.38. The van der Waals surface area contributed by atoms with Gasteiger partial charge in [-0.2, -0.15) is 0 Å². The van der Waals surface area contributed by atoms with Crippen LogP contribution >= 0.6 is 11.6 Å². The summed E-state index contributed by atoms with van der Waals surface area (Å²) in [7, 11) is -3.99. The van der Waals surface area contributed by atoms with Crippen molar-refractivity contribution in [3.63, 3.8) is 0 Å². The third-order valence-electron chi connectivity index (χ3n) is 9.06. The van der Waals surface area contributed by atoms with Gasteiger partial charge < -0.3 is 23.8 Å². The number of anilines is 2. The first kappa shape index (κ1) is 28.4. The second kappa shape index (κ2) is 11.0. The molecular weight excluding hydrogens is 592 g/mol. The van der Waals surface area contributed by atoms with Gasteiger partial charge in [-0.05, 0) is 60.9 Å². The maximum Gasteiger partial charge on any atom is 0.261 e. The molecule has 1 amide bonds. The fourth-order valence-corrected chi connectivity index (χ4v) is 8.15. The van der Waals surface area contributed by atoms with E-state index >= 15 is 0 Å². The number of carbonyl (C=O) groups is 1. The first-order valence-corrected chi connectivity index (χ1v) is 16.5. The van der Waals surface area contributed by atoms with Crippen molar-refractivity contribution in [1.82, 2.24) is 9.47 Å². The van der Waals surface area contributed by atoms with E-state index < -0.39 is 15.8 Å². The van der Waals surface area contributed by atoms with Gasteiger partial charge in [0.15, 0.2) is 5.79 Å². The van der Waals surface area contributed by atoms with Crippen LogP contribution in [0.1, 0.15) is 41.2 Å². The van der Waals surface area contributed by atoms with E-state index in [1.54, 1.807) is 29.2 Å². The number of carbonyl (C=O) groups excluding carboxylic acids is 1. The summed E-state index contributed by atoms with van der Waals surface area (Å²) in [6.07, 6.45) is 2.15. The fourth-order valence-electron chi connectivity index (χ4n) is 6.96. The van der Waals surface area contributed by atoms with Gasteiger partial charge in [-0.25, -0.2) is 8.42 Å². The van der Waals surface area contributed by atoms with Crippen molar-refractivity contribution in [2.45, 2.75) is 42.4 Å². The molecule has 1 aromatic heterocycles. The van der Waals surface area contributed by atoms with Gasteiger partial charge in [0, 0.05) is 73.8 Å². The number of sulfonamides is 1. The van der Waals surface area contributed by atoms with Crippen LogP contribution in [-0.2, 0) is 26.0 Å². The second-order valence-electron chi connectivity index (χ2n) is 11.8. The molecular formula is C31H33ClN4O6S. The molecule has 10 nitrogen and oxygen atoms in total. The second-order valence-corrected chi connectivity index (χ2v) is 13.9. The number of aromatic nitrogens is 1. The minimum absolute atomic E-state index is 0.00891. The molecule has 0 aliphatic carbocycles. The van der Waals surface area contributed by atoms with Gasteiger partial charge in [-0.15, -0.1) is 0 Å². The summed E-state index contributed by atoms with van der Waals surface area (Å²) in [5.41, 5.74) is 2.44. The summed E-state index contributed by atoms with van der Waals surface area (Å²) < 4.78 is 43.3. The summed E-state index contributed by atoms with van der Waals surface area (Å²) >= 11 is 6.01. The highest BCUT2D eigenvalue weighted by atomic mass is 35.5. The molecule has 12 heteroatoms. The average Bonchev–Trinajstić information content (AvgIpc) is 3.45. The average molecular weight is 625 g/mol. The van der Waals surface area contributed by atoms with Crippen molar-refractivity contribution in [2.24, 2.45) is 5.92 Å². The van der Waals surface area contributed by atoms with Crippen LogP contribution in [0.5, 0.6) is 0 Å². The minimum Gasteiger partial charge on any atom is -0.369 e. The lowest BCUT2D eigenvalue weighted by molar-refractivity contribution is -0.181. The third kappa shape index (κ3) is 5.43. The highest BCUT2D eigenvalue weighted by Crippen LogP contribution is 2.40. The number of nitrogens with one attached hydrogen (secondary N) is 1. The summed E-state index contributed by atoms with van der Waals surface area (Å²) in [6, 6.07) is 16.6. The van der Waals surface area contributed by atoms with Crippen molar-refractivity contribution in [2.75, 3.05) is 49.0 Å². The maximum atomic E-state index is 13.7. The summed E-state index contributed by atoms with van der Waals surface area (Å²) in [4.78, 5) is 30.2. The number of pyridine rings is 1. The molecule has 4 aliphatic heterocycles. The number of benzene rings is 2. The number of hydrogen-bond acceptors (Lipinski definition) is 7. The molecule has 226 valence electrons. The van der Waals surface area contributed by atoms with E-state index in [0.29, 0.717) is 80.7 Å². The van der Waals surface area contributed by atoms with Gasteiger partial charge in [0.25, 0.3) is 21.5 Å². The van der Waals surface area contributed by atoms with E-state index in [-0.39, 0.29) is 28.2 Å². The third-order valence-corrected chi connectivity index (χ3v) is 10.7. The van der Waals surface area contributed by atoms with E-state index in [9.17, 15) is 18.0 Å². The number of likely N-dealkylation sites (tertiary alicyclic amines) is 1. The van der Waals surface area contributed by atoms with Crippen LogP contribution in [0.3, 0.4) is 0 Å². The van der Waals surface area contributed by atoms with Crippen molar-refractivity contribution in [3.8, 4) is 0 Å². The zero-order valence-electron chi connectivity index (χ0n) is 23.6. The number of hydrogen-bond donors (Lipinski definition) is 1. The van der Waals surface area contributed by atoms with Gasteiger partial charge in [0.2, 0.25) is 0 Å². The number of rotatable bonds is 5. The van der Waals surface area contributed by atoms with Crippen molar-refractivity contribution in [1.29, 1.82) is 0 Å². The molecule has 2 atom stereocenters. The molecule has 1 N–H and O–H groups in total. The molecule has 43 heavy (non-hydrogen) atoms. The van der Waals surface area contributed by atoms with Crippen LogP contribution in [0.15, 0.2) is 70.4 Å². The molecule has 1 spiro atoms. The van der Waals surface area contributed by atoms with Crippen molar-refractivity contribution in [3.05, 3.63) is 87.3 Å². The largest absolute Gasteiger partial charge is 0.369 e. The SMILES string of the molecule is O=C(c1ccc(N2CC3CC(C2)c2cccc(=O)n2C3)c(NS(=O)(=O)c2ccc(Cl)cc2)c1)N1CCC2(CC1)OCCO2. The molecule has 3 saturated heterocycles. The van der Waals surface area contributed by atoms with E-state index in [2.05, 4.69) is 9.62 Å². The zero-order chi connectivity index (χ0) is 29.8. The summed E-state index contributed by atoms with van der Waals surface area (Å²) in [5, 5.41) is 0.434. The zero-order valence-corrected chi connectivity index (χ0v) is 25.1. The van der Waals surface area contributed by atoms with Crippen molar-refractivity contribution >= 4 is 38.9 Å². The van der Waals surface area contributed by atoms with Crippen LogP contribution in [0, 0.1) is 5.92 Å². The number of fused-ring (bicyclic) bond motifs is 4. The molecule has 3 fully saturated rings. The monoisotopic (exact) mass is 624 g/mol. The van der Waals surface area contributed by atoms with E-state index in [1.807, 2.05) is 16.7 Å². The number of halogens is 1. The standard InChI is InChI=1S/C31H33ClN4O6S/c32-24-5-7-25(8-6-24)43(39,40)33-26-17-22(30(38)34-12-10-31(11-13-34)41-14-15-42-31)4-9-28(26)35-18-21-16-23(20-35)27-2-1-3-29(37)36(27)19-21/h1-9,17,21,23,33H,10-16,18-20H2. The Morgan fingerprint density at radius 3 is 2.44 bits per heavy atom. The van der Waals surface area contributed by atoms with Crippen LogP contribution in [0.2, 0.25) is 5.02 Å². The summed E-state index contributed by atoms with van der Waals surface area (Å²) in [5.74, 6) is -0.413. The normalized spacial score (nSPS) is 22.8. The number of nitrogens with zero attached hydrogens (tertiary/aromatic N) is 3. The lowest BCUT2D eigenvalue weighted by Crippen LogP contribution is -2.47. The Kier molecular flexibility index (Phi) is 7.24. The molecule has 3 aromatic rings. The molecule has 2 unspecified atom stereocenters. The highest BCUT2D eigenvalue weighted by molar-refractivity contribution is 7.92. The molecule has 0 saturated carbocycles. The quantitative estimate of drug-likeness (QED) is 0.458. The first-order valence-electron chi connectivity index (χ1n) is 14.6. The lowest BCUT2D eigenvalue weighted by Gasteiger charge is -2.44. The van der Waals surface area contributed by atoms with E-state index in [0.717, 1.165) is 12.1 Å². The van der Waals surface area contributed by atoms with Crippen molar-refractivity contribution < 1.29 is 22.7 Å². The highest BCUT2D eigenvalue weighted by Gasteiger charge is 2.41. The first-order chi connectivity index (χ1) is 20.7. The predicted molar refractivity (Wildman–Crippen MR) is 162 cm³/mol. The Bertz CT molecular complexity index is 1710. The molecule has 0 radical (unpaired) electrons. The molecule has 7 rings (SSSR count). The van der Waals surface area contributed by atoms with Crippen LogP contribution in [-0.4, -0.2) is 69.0 Å². The fraction of sp³-hybridized carbons (Fsp3) is 0.419. The predicted octanol–water partition coefficient (Wildman–Crippen LogP) is 3.91. The topological polar surface area (TPSA) is 110 Å². The Morgan fingerprint density at radius 1 is 0.953 bits per heavy atom. The molecule has 4 aliphatic rings. The smallest absolute Gasteiger partial charge is 0.261 e. The van der Waals surface area contributed by atoms with Gasteiger partial charge in [0.1, 0.15) is 0 Å².